The second-order valence-electron chi connectivity index (χ2n) is 6.39. The van der Waals surface area contributed by atoms with Gasteiger partial charge in [-0.05, 0) is 61.5 Å². The van der Waals surface area contributed by atoms with Crippen molar-refractivity contribution < 1.29 is 0 Å². The molecule has 1 aromatic heterocycles. The van der Waals surface area contributed by atoms with Crippen LogP contribution in [0.3, 0.4) is 0 Å². The molecule has 1 aliphatic heterocycles. The Bertz CT molecular complexity index is 674. The molecule has 0 radical (unpaired) electrons. The van der Waals surface area contributed by atoms with Crippen molar-refractivity contribution in [2.24, 2.45) is 0 Å². The summed E-state index contributed by atoms with van der Waals surface area (Å²) in [6.07, 6.45) is 1.86. The fraction of sp³-hybridized carbons (Fsp3) is 0.368. The lowest BCUT2D eigenvalue weighted by atomic mass is 10.1. The number of hydrogen-bond donors (Lipinski definition) is 1. The van der Waals surface area contributed by atoms with Gasteiger partial charge in [0.05, 0.1) is 5.69 Å². The van der Waals surface area contributed by atoms with E-state index in [9.17, 15) is 0 Å². The first-order chi connectivity index (χ1) is 11.6. The van der Waals surface area contributed by atoms with Crippen LogP contribution < -0.4 is 5.32 Å². The Labute approximate surface area is 149 Å². The van der Waals surface area contributed by atoms with Crippen LogP contribution in [0.15, 0.2) is 42.6 Å². The van der Waals surface area contributed by atoms with Crippen LogP contribution in [0.2, 0.25) is 0 Å². The molecule has 2 aromatic rings. The summed E-state index contributed by atoms with van der Waals surface area (Å²) in [7, 11) is 0. The van der Waals surface area contributed by atoms with E-state index < -0.39 is 0 Å². The van der Waals surface area contributed by atoms with E-state index in [0.29, 0.717) is 0 Å². The first-order valence-electron chi connectivity index (χ1n) is 8.36. The highest BCUT2D eigenvalue weighted by molar-refractivity contribution is 7.80. The molecule has 24 heavy (non-hydrogen) atoms. The lowest BCUT2D eigenvalue weighted by molar-refractivity contribution is 0.175. The molecule has 0 amide bonds. The standard InChI is InChI=1S/C19H24N4S/c1-15-11-16(2)13-18(12-15)21-19(24)23-9-7-22(8-10-23)14-17-5-3-4-6-20-17/h3-6,11-13H,7-10,14H2,1-2H3,(H,21,24). The zero-order chi connectivity index (χ0) is 16.9. The third-order valence-electron chi connectivity index (χ3n) is 4.24. The van der Waals surface area contributed by atoms with Crippen molar-refractivity contribution in [3.8, 4) is 0 Å². The average molecular weight is 340 g/mol. The van der Waals surface area contributed by atoms with Crippen LogP contribution >= 0.6 is 12.2 Å². The van der Waals surface area contributed by atoms with Gasteiger partial charge in [0.15, 0.2) is 5.11 Å². The Morgan fingerprint density at radius 2 is 1.79 bits per heavy atom. The molecule has 1 aromatic carbocycles. The van der Waals surface area contributed by atoms with E-state index in [-0.39, 0.29) is 0 Å². The number of aromatic nitrogens is 1. The van der Waals surface area contributed by atoms with Gasteiger partial charge < -0.3 is 10.2 Å². The highest BCUT2D eigenvalue weighted by Crippen LogP contribution is 2.15. The van der Waals surface area contributed by atoms with Crippen molar-refractivity contribution in [2.45, 2.75) is 20.4 Å². The second-order valence-corrected chi connectivity index (χ2v) is 6.78. The van der Waals surface area contributed by atoms with Crippen molar-refractivity contribution in [1.29, 1.82) is 0 Å². The summed E-state index contributed by atoms with van der Waals surface area (Å²) in [6.45, 7) is 9.03. The van der Waals surface area contributed by atoms with Crippen LogP contribution in [0.25, 0.3) is 0 Å². The molecule has 0 atom stereocenters. The molecular weight excluding hydrogens is 316 g/mol. The quantitative estimate of drug-likeness (QED) is 0.867. The number of anilines is 1. The van der Waals surface area contributed by atoms with Crippen LogP contribution in [0.4, 0.5) is 5.69 Å². The topological polar surface area (TPSA) is 31.4 Å². The number of piperazine rings is 1. The van der Waals surface area contributed by atoms with Crippen LogP contribution in [0.5, 0.6) is 0 Å². The minimum atomic E-state index is 0.817. The predicted octanol–water partition coefficient (Wildman–Crippen LogP) is 3.21. The maximum atomic E-state index is 5.59. The Balaban J connectivity index is 1.51. The lowest BCUT2D eigenvalue weighted by Gasteiger charge is -2.36. The molecule has 0 saturated carbocycles. The van der Waals surface area contributed by atoms with Crippen LogP contribution in [0.1, 0.15) is 16.8 Å². The van der Waals surface area contributed by atoms with Gasteiger partial charge in [-0.15, -0.1) is 0 Å². The van der Waals surface area contributed by atoms with Crippen LogP contribution in [-0.2, 0) is 6.54 Å². The zero-order valence-electron chi connectivity index (χ0n) is 14.3. The van der Waals surface area contributed by atoms with Crippen molar-refractivity contribution in [3.63, 3.8) is 0 Å². The minimum Gasteiger partial charge on any atom is -0.346 e. The molecule has 0 bridgehead atoms. The van der Waals surface area contributed by atoms with Crippen molar-refractivity contribution in [2.75, 3.05) is 31.5 Å². The number of rotatable bonds is 3. The molecule has 0 aliphatic carbocycles. The van der Waals surface area contributed by atoms with Gasteiger partial charge in [-0.2, -0.15) is 0 Å². The second kappa shape index (κ2) is 7.73. The van der Waals surface area contributed by atoms with E-state index in [0.717, 1.165) is 49.2 Å². The largest absolute Gasteiger partial charge is 0.346 e. The van der Waals surface area contributed by atoms with Crippen molar-refractivity contribution in [1.82, 2.24) is 14.8 Å². The first kappa shape index (κ1) is 16.9. The number of hydrogen-bond acceptors (Lipinski definition) is 3. The van der Waals surface area contributed by atoms with Crippen LogP contribution in [-0.4, -0.2) is 46.1 Å². The molecule has 1 aliphatic rings. The van der Waals surface area contributed by atoms with Crippen molar-refractivity contribution >= 4 is 23.0 Å². The lowest BCUT2D eigenvalue weighted by Crippen LogP contribution is -2.49. The number of pyridine rings is 1. The SMILES string of the molecule is Cc1cc(C)cc(NC(=S)N2CCN(Cc3ccccn3)CC2)c1. The van der Waals surface area contributed by atoms with Crippen molar-refractivity contribution in [3.05, 3.63) is 59.4 Å². The third kappa shape index (κ3) is 4.52. The highest BCUT2D eigenvalue weighted by Gasteiger charge is 2.19. The van der Waals surface area contributed by atoms with Gasteiger partial charge in [-0.25, -0.2) is 0 Å². The molecule has 5 heteroatoms. The average Bonchev–Trinajstić information content (AvgIpc) is 2.55. The Hall–Kier alpha value is -1.98. The summed E-state index contributed by atoms with van der Waals surface area (Å²) in [5, 5.41) is 4.20. The van der Waals surface area contributed by atoms with E-state index in [2.05, 4.69) is 58.2 Å². The van der Waals surface area contributed by atoms with Crippen LogP contribution in [0, 0.1) is 13.8 Å². The van der Waals surface area contributed by atoms with Gasteiger partial charge >= 0.3 is 0 Å². The van der Waals surface area contributed by atoms with Gasteiger partial charge in [0.2, 0.25) is 0 Å². The highest BCUT2D eigenvalue weighted by atomic mass is 32.1. The van der Waals surface area contributed by atoms with E-state index in [1.165, 1.54) is 11.1 Å². The number of aryl methyl sites for hydroxylation is 2. The molecule has 4 nitrogen and oxygen atoms in total. The normalized spacial score (nSPS) is 15.3. The molecule has 0 unspecified atom stereocenters. The van der Waals surface area contributed by atoms with Gasteiger partial charge in [0.25, 0.3) is 0 Å². The fourth-order valence-corrected chi connectivity index (χ4v) is 3.38. The summed E-state index contributed by atoms with van der Waals surface area (Å²) in [6, 6.07) is 12.5. The smallest absolute Gasteiger partial charge is 0.173 e. The van der Waals surface area contributed by atoms with E-state index in [1.807, 2.05) is 18.3 Å². The number of benzene rings is 1. The van der Waals surface area contributed by atoms with E-state index in [4.69, 9.17) is 12.2 Å². The molecule has 1 saturated heterocycles. The molecule has 0 spiro atoms. The summed E-state index contributed by atoms with van der Waals surface area (Å²) in [4.78, 5) is 9.09. The monoisotopic (exact) mass is 340 g/mol. The maximum absolute atomic E-state index is 5.59. The number of nitrogens with zero attached hydrogens (tertiary/aromatic N) is 3. The number of nitrogens with one attached hydrogen (secondary N) is 1. The zero-order valence-corrected chi connectivity index (χ0v) is 15.1. The third-order valence-corrected chi connectivity index (χ3v) is 4.60. The molecule has 2 heterocycles. The molecule has 126 valence electrons. The minimum absolute atomic E-state index is 0.817. The summed E-state index contributed by atoms with van der Waals surface area (Å²) in [5.74, 6) is 0. The van der Waals surface area contributed by atoms with E-state index in [1.54, 1.807) is 0 Å². The van der Waals surface area contributed by atoms with E-state index >= 15 is 0 Å². The van der Waals surface area contributed by atoms with Gasteiger partial charge in [-0.1, -0.05) is 12.1 Å². The maximum Gasteiger partial charge on any atom is 0.173 e. The predicted molar refractivity (Wildman–Crippen MR) is 103 cm³/mol. The fourth-order valence-electron chi connectivity index (χ4n) is 3.08. The Morgan fingerprint density at radius 3 is 2.42 bits per heavy atom. The Morgan fingerprint density at radius 1 is 1.08 bits per heavy atom. The molecule has 3 rings (SSSR count). The summed E-state index contributed by atoms with van der Waals surface area (Å²) < 4.78 is 0. The molecule has 1 N–H and O–H groups in total. The summed E-state index contributed by atoms with van der Waals surface area (Å²) >= 11 is 5.59. The molecule has 1 fully saturated rings. The van der Waals surface area contributed by atoms with Gasteiger partial charge in [0.1, 0.15) is 0 Å². The molecular formula is C19H24N4S. The Kier molecular flexibility index (Phi) is 5.43. The first-order valence-corrected chi connectivity index (χ1v) is 8.77. The van der Waals surface area contributed by atoms with Gasteiger partial charge in [0, 0.05) is 44.6 Å². The van der Waals surface area contributed by atoms with Gasteiger partial charge in [-0.3, -0.25) is 9.88 Å². The number of thiocarbonyl (C=S) groups is 1. The summed E-state index contributed by atoms with van der Waals surface area (Å²) in [5.41, 5.74) is 4.70.